The van der Waals surface area contributed by atoms with E-state index in [4.69, 9.17) is 10.5 Å². The first kappa shape index (κ1) is 12.3. The predicted molar refractivity (Wildman–Crippen MR) is 61.2 cm³/mol. The van der Waals surface area contributed by atoms with E-state index in [0.29, 0.717) is 13.2 Å². The number of morpholine rings is 1. The van der Waals surface area contributed by atoms with Crippen molar-refractivity contribution in [3.63, 3.8) is 0 Å². The van der Waals surface area contributed by atoms with E-state index >= 15 is 0 Å². The van der Waals surface area contributed by atoms with Gasteiger partial charge in [0.2, 0.25) is 11.8 Å². The van der Waals surface area contributed by atoms with Crippen LogP contribution in [0.3, 0.4) is 0 Å². The minimum atomic E-state index is -0.611. The second-order valence-corrected chi connectivity index (χ2v) is 4.53. The second kappa shape index (κ2) is 5.46. The number of carbonyl (C=O) groups excluding carboxylic acids is 2. The summed E-state index contributed by atoms with van der Waals surface area (Å²) in [5, 5.41) is 3.19. The van der Waals surface area contributed by atoms with Crippen LogP contribution in [0, 0.1) is 0 Å². The average molecular weight is 241 g/mol. The van der Waals surface area contributed by atoms with E-state index in [1.54, 1.807) is 4.90 Å². The molecule has 2 aliphatic rings. The summed E-state index contributed by atoms with van der Waals surface area (Å²) < 4.78 is 5.20. The molecule has 2 amide bonds. The summed E-state index contributed by atoms with van der Waals surface area (Å²) in [7, 11) is 0. The van der Waals surface area contributed by atoms with Crippen molar-refractivity contribution in [1.82, 2.24) is 10.2 Å². The number of hydrogen-bond donors (Lipinski definition) is 2. The molecule has 0 saturated carbocycles. The van der Waals surface area contributed by atoms with Crippen LogP contribution in [-0.2, 0) is 14.3 Å². The highest BCUT2D eigenvalue weighted by molar-refractivity contribution is 5.89. The molecule has 2 fully saturated rings. The first-order valence-electron chi connectivity index (χ1n) is 6.11. The zero-order valence-corrected chi connectivity index (χ0v) is 9.85. The summed E-state index contributed by atoms with van der Waals surface area (Å²) in [5.41, 5.74) is 5.29. The van der Waals surface area contributed by atoms with Crippen molar-refractivity contribution in [3.8, 4) is 0 Å². The quantitative estimate of drug-likeness (QED) is 0.639. The molecule has 3 N–H and O–H groups in total. The number of amides is 2. The molecule has 0 aromatic carbocycles. The number of ether oxygens (including phenoxy) is 1. The van der Waals surface area contributed by atoms with Crippen LogP contribution in [-0.4, -0.2) is 55.1 Å². The highest BCUT2D eigenvalue weighted by atomic mass is 16.5. The number of carbonyl (C=O) groups is 2. The van der Waals surface area contributed by atoms with Crippen LogP contribution in [0.25, 0.3) is 0 Å². The van der Waals surface area contributed by atoms with Crippen LogP contribution >= 0.6 is 0 Å². The lowest BCUT2D eigenvalue weighted by Crippen LogP contribution is -2.59. The molecule has 2 unspecified atom stereocenters. The summed E-state index contributed by atoms with van der Waals surface area (Å²) in [6.45, 7) is 2.00. The predicted octanol–water partition coefficient (Wildman–Crippen LogP) is -1.16. The number of hydrogen-bond acceptors (Lipinski definition) is 4. The second-order valence-electron chi connectivity index (χ2n) is 4.53. The lowest BCUT2D eigenvalue weighted by Gasteiger charge is -2.37. The Labute approximate surface area is 100 Å². The van der Waals surface area contributed by atoms with E-state index < -0.39 is 11.9 Å². The van der Waals surface area contributed by atoms with Crippen molar-refractivity contribution < 1.29 is 14.3 Å². The number of primary amides is 1. The van der Waals surface area contributed by atoms with Crippen LogP contribution < -0.4 is 11.1 Å². The summed E-state index contributed by atoms with van der Waals surface area (Å²) in [5.74, 6) is -0.509. The number of piperidine rings is 1. The topological polar surface area (TPSA) is 84.7 Å². The SMILES string of the molecule is NC(=O)C1COCCN1C(=O)C1CCCCN1. The van der Waals surface area contributed by atoms with E-state index in [0.717, 1.165) is 25.8 Å². The molecule has 2 saturated heterocycles. The van der Waals surface area contributed by atoms with Gasteiger partial charge in [0.1, 0.15) is 6.04 Å². The molecular formula is C11H19N3O3. The van der Waals surface area contributed by atoms with Crippen LogP contribution in [0.4, 0.5) is 0 Å². The zero-order chi connectivity index (χ0) is 12.3. The van der Waals surface area contributed by atoms with Gasteiger partial charge >= 0.3 is 0 Å². The van der Waals surface area contributed by atoms with Crippen LogP contribution in [0.2, 0.25) is 0 Å². The maximum atomic E-state index is 12.3. The van der Waals surface area contributed by atoms with Gasteiger partial charge in [-0.3, -0.25) is 9.59 Å². The monoisotopic (exact) mass is 241 g/mol. The smallest absolute Gasteiger partial charge is 0.242 e. The van der Waals surface area contributed by atoms with E-state index in [2.05, 4.69) is 5.32 Å². The Morgan fingerprint density at radius 1 is 1.35 bits per heavy atom. The standard InChI is InChI=1S/C11H19N3O3/c12-10(15)9-7-17-6-5-14(9)11(16)8-3-1-2-4-13-8/h8-9,13H,1-7H2,(H2,12,15). The Bertz CT molecular complexity index is 302. The molecule has 0 bridgehead atoms. The third-order valence-electron chi connectivity index (χ3n) is 3.35. The Kier molecular flexibility index (Phi) is 3.96. The van der Waals surface area contributed by atoms with Crippen LogP contribution in [0.15, 0.2) is 0 Å². The van der Waals surface area contributed by atoms with E-state index in [1.165, 1.54) is 0 Å². The largest absolute Gasteiger partial charge is 0.377 e. The molecule has 96 valence electrons. The Hall–Kier alpha value is -1.14. The molecule has 0 aromatic heterocycles. The van der Waals surface area contributed by atoms with Gasteiger partial charge in [0.15, 0.2) is 0 Å². The molecular weight excluding hydrogens is 222 g/mol. The highest BCUT2D eigenvalue weighted by Crippen LogP contribution is 2.14. The molecule has 2 heterocycles. The Morgan fingerprint density at radius 2 is 2.18 bits per heavy atom. The number of nitrogens with two attached hydrogens (primary N) is 1. The van der Waals surface area contributed by atoms with Gasteiger partial charge in [-0.15, -0.1) is 0 Å². The molecule has 0 spiro atoms. The maximum absolute atomic E-state index is 12.3. The minimum Gasteiger partial charge on any atom is -0.377 e. The molecule has 2 rings (SSSR count). The summed E-state index contributed by atoms with van der Waals surface area (Å²) in [6, 6.07) is -0.774. The third kappa shape index (κ3) is 2.76. The molecule has 0 aromatic rings. The van der Waals surface area contributed by atoms with Gasteiger partial charge in [-0.1, -0.05) is 6.42 Å². The number of nitrogens with zero attached hydrogens (tertiary/aromatic N) is 1. The summed E-state index contributed by atoms with van der Waals surface area (Å²) in [6.07, 6.45) is 2.99. The van der Waals surface area contributed by atoms with Crippen molar-refractivity contribution in [2.75, 3.05) is 26.3 Å². The molecule has 2 atom stereocenters. The van der Waals surface area contributed by atoms with Crippen LogP contribution in [0.5, 0.6) is 0 Å². The first-order chi connectivity index (χ1) is 8.20. The molecule has 6 nitrogen and oxygen atoms in total. The minimum absolute atomic E-state index is 0.0169. The average Bonchev–Trinajstić information content (AvgIpc) is 2.39. The maximum Gasteiger partial charge on any atom is 0.242 e. The van der Waals surface area contributed by atoms with E-state index in [9.17, 15) is 9.59 Å². The van der Waals surface area contributed by atoms with Gasteiger partial charge in [-0.2, -0.15) is 0 Å². The number of rotatable bonds is 2. The molecule has 0 aliphatic carbocycles. The fourth-order valence-corrected chi connectivity index (χ4v) is 2.37. The first-order valence-corrected chi connectivity index (χ1v) is 6.11. The van der Waals surface area contributed by atoms with E-state index in [-0.39, 0.29) is 18.6 Å². The van der Waals surface area contributed by atoms with Gasteiger partial charge in [-0.05, 0) is 19.4 Å². The van der Waals surface area contributed by atoms with Gasteiger partial charge in [-0.25, -0.2) is 0 Å². The molecule has 17 heavy (non-hydrogen) atoms. The lowest BCUT2D eigenvalue weighted by atomic mass is 10.0. The van der Waals surface area contributed by atoms with Crippen molar-refractivity contribution in [1.29, 1.82) is 0 Å². The zero-order valence-electron chi connectivity index (χ0n) is 9.85. The normalized spacial score (nSPS) is 30.0. The fraction of sp³-hybridized carbons (Fsp3) is 0.818. The van der Waals surface area contributed by atoms with Gasteiger partial charge < -0.3 is 20.7 Å². The molecule has 6 heteroatoms. The van der Waals surface area contributed by atoms with Crippen molar-refractivity contribution >= 4 is 11.8 Å². The van der Waals surface area contributed by atoms with Crippen LogP contribution in [0.1, 0.15) is 19.3 Å². The third-order valence-corrected chi connectivity index (χ3v) is 3.35. The molecule has 0 radical (unpaired) electrons. The fourth-order valence-electron chi connectivity index (χ4n) is 2.37. The lowest BCUT2D eigenvalue weighted by molar-refractivity contribution is -0.149. The van der Waals surface area contributed by atoms with E-state index in [1.807, 2.05) is 0 Å². The number of nitrogens with one attached hydrogen (secondary N) is 1. The van der Waals surface area contributed by atoms with Gasteiger partial charge in [0, 0.05) is 6.54 Å². The van der Waals surface area contributed by atoms with Crippen molar-refractivity contribution in [2.45, 2.75) is 31.3 Å². The summed E-state index contributed by atoms with van der Waals surface area (Å²) in [4.78, 5) is 25.1. The Balaban J connectivity index is 2.02. The van der Waals surface area contributed by atoms with Gasteiger partial charge in [0.25, 0.3) is 0 Å². The summed E-state index contributed by atoms with van der Waals surface area (Å²) >= 11 is 0. The van der Waals surface area contributed by atoms with Gasteiger partial charge in [0.05, 0.1) is 19.3 Å². The Morgan fingerprint density at radius 3 is 2.82 bits per heavy atom. The van der Waals surface area contributed by atoms with Crippen molar-refractivity contribution in [3.05, 3.63) is 0 Å². The van der Waals surface area contributed by atoms with Crippen molar-refractivity contribution in [2.24, 2.45) is 5.73 Å². The highest BCUT2D eigenvalue weighted by Gasteiger charge is 2.35. The molecule has 2 aliphatic heterocycles.